The third-order valence-electron chi connectivity index (χ3n) is 5.22. The third kappa shape index (κ3) is 10.9. The van der Waals surface area contributed by atoms with Crippen LogP contribution in [-0.2, 0) is 16.9 Å². The molecular weight excluding hydrogens is 416 g/mol. The Bertz CT molecular complexity index is 725. The molecule has 31 heavy (non-hydrogen) atoms. The lowest BCUT2D eigenvalue weighted by atomic mass is 9.84. The Balaban J connectivity index is 3.14. The molecule has 1 aromatic rings. The summed E-state index contributed by atoms with van der Waals surface area (Å²) in [5, 5.41) is 11.1. The molecule has 0 radical (unpaired) electrons. The lowest BCUT2D eigenvalue weighted by Gasteiger charge is -2.33. The normalized spacial score (nSPS) is 14.2. The van der Waals surface area contributed by atoms with Gasteiger partial charge in [-0.05, 0) is 40.2 Å². The van der Waals surface area contributed by atoms with E-state index >= 15 is 0 Å². The smallest absolute Gasteiger partial charge is 0.123 e. The summed E-state index contributed by atoms with van der Waals surface area (Å²) in [5.74, 6) is 2.33. The molecule has 180 valence electrons. The Morgan fingerprint density at radius 2 is 1.06 bits per heavy atom. The molecule has 1 nitrogen and oxygen atoms in total. The second kappa shape index (κ2) is 9.92. The number of phenols is 1. The largest absolute Gasteiger partial charge is 0.507 e. The molecule has 1 rings (SSSR count). The standard InChI is InChI=1S/C28H50OS2/c1-24(2,3)18-27(10,11)30-16-20-14-21(23(29)22(15-20)26(7,8)9)17-31-28(12,13)19-25(4,5)6/h14-15,29H,16-19H2,1-13H3. The van der Waals surface area contributed by atoms with Gasteiger partial charge in [-0.25, -0.2) is 0 Å². The van der Waals surface area contributed by atoms with Crippen molar-refractivity contribution in [1.29, 1.82) is 0 Å². The topological polar surface area (TPSA) is 20.2 Å². The summed E-state index contributed by atoms with van der Waals surface area (Å²) in [5.41, 5.74) is 4.03. The van der Waals surface area contributed by atoms with Gasteiger partial charge in [0.2, 0.25) is 0 Å². The Hall–Kier alpha value is -0.280. The first kappa shape index (κ1) is 28.8. The maximum Gasteiger partial charge on any atom is 0.123 e. The lowest BCUT2D eigenvalue weighted by Crippen LogP contribution is -2.24. The maximum absolute atomic E-state index is 11.1. The fourth-order valence-electron chi connectivity index (χ4n) is 4.73. The van der Waals surface area contributed by atoms with E-state index in [-0.39, 0.29) is 14.9 Å². The van der Waals surface area contributed by atoms with Gasteiger partial charge in [0.05, 0.1) is 0 Å². The van der Waals surface area contributed by atoms with Gasteiger partial charge in [0, 0.05) is 26.6 Å². The van der Waals surface area contributed by atoms with E-state index in [4.69, 9.17) is 0 Å². The fraction of sp³-hybridized carbons (Fsp3) is 0.786. The molecule has 0 aliphatic carbocycles. The van der Waals surface area contributed by atoms with Crippen molar-refractivity contribution < 1.29 is 5.11 Å². The fourth-order valence-corrected chi connectivity index (χ4v) is 7.29. The summed E-state index contributed by atoms with van der Waals surface area (Å²) >= 11 is 4.00. The Morgan fingerprint density at radius 1 is 0.645 bits per heavy atom. The minimum Gasteiger partial charge on any atom is -0.507 e. The predicted molar refractivity (Wildman–Crippen MR) is 146 cm³/mol. The zero-order valence-corrected chi connectivity index (χ0v) is 24.4. The van der Waals surface area contributed by atoms with Crippen LogP contribution in [0.1, 0.15) is 120 Å². The van der Waals surface area contributed by atoms with Gasteiger partial charge in [-0.15, -0.1) is 0 Å². The number of benzene rings is 1. The third-order valence-corrected chi connectivity index (χ3v) is 8.00. The van der Waals surface area contributed by atoms with Crippen molar-refractivity contribution in [2.45, 2.75) is 129 Å². The van der Waals surface area contributed by atoms with Crippen LogP contribution in [-0.4, -0.2) is 14.6 Å². The number of hydrogen-bond acceptors (Lipinski definition) is 3. The van der Waals surface area contributed by atoms with E-state index in [1.807, 2.05) is 23.5 Å². The summed E-state index contributed by atoms with van der Waals surface area (Å²) in [6, 6.07) is 4.49. The zero-order valence-electron chi connectivity index (χ0n) is 22.7. The molecule has 0 unspecified atom stereocenters. The number of aromatic hydroxyl groups is 1. The molecule has 0 saturated heterocycles. The van der Waals surface area contributed by atoms with Crippen LogP contribution >= 0.6 is 23.5 Å². The summed E-state index contributed by atoms with van der Waals surface area (Å²) in [6.45, 7) is 29.9. The molecule has 0 aliphatic heterocycles. The van der Waals surface area contributed by atoms with Gasteiger partial charge in [-0.2, -0.15) is 23.5 Å². The van der Waals surface area contributed by atoms with Crippen LogP contribution < -0.4 is 0 Å². The first-order chi connectivity index (χ1) is 13.6. The molecule has 0 atom stereocenters. The van der Waals surface area contributed by atoms with Crippen molar-refractivity contribution in [3.05, 3.63) is 28.8 Å². The van der Waals surface area contributed by atoms with E-state index in [0.717, 1.165) is 29.1 Å². The average molecular weight is 467 g/mol. The Morgan fingerprint density at radius 3 is 1.45 bits per heavy atom. The van der Waals surface area contributed by atoms with Gasteiger partial charge in [0.1, 0.15) is 5.75 Å². The van der Waals surface area contributed by atoms with Gasteiger partial charge in [-0.1, -0.05) is 102 Å². The van der Waals surface area contributed by atoms with Crippen molar-refractivity contribution in [2.24, 2.45) is 10.8 Å². The molecule has 0 bridgehead atoms. The summed E-state index contributed by atoms with van der Waals surface area (Å²) in [4.78, 5) is 0. The number of thioether (sulfide) groups is 2. The quantitative estimate of drug-likeness (QED) is 0.412. The number of rotatable bonds is 8. The highest BCUT2D eigenvalue weighted by Crippen LogP contribution is 2.43. The highest BCUT2D eigenvalue weighted by Gasteiger charge is 2.29. The van der Waals surface area contributed by atoms with Crippen LogP contribution in [0.3, 0.4) is 0 Å². The van der Waals surface area contributed by atoms with Crippen molar-refractivity contribution in [3.8, 4) is 5.75 Å². The van der Waals surface area contributed by atoms with Gasteiger partial charge >= 0.3 is 0 Å². The average Bonchev–Trinajstić information content (AvgIpc) is 2.46. The SMILES string of the molecule is CC(C)(C)CC(C)(C)SCc1cc(CSC(C)(C)CC(C)(C)C)c(O)c(C(C)(C)C)c1. The monoisotopic (exact) mass is 466 g/mol. The van der Waals surface area contributed by atoms with E-state index in [9.17, 15) is 5.11 Å². The predicted octanol–water partition coefficient (Wildman–Crippen LogP) is 9.59. The lowest BCUT2D eigenvalue weighted by molar-refractivity contribution is 0.339. The van der Waals surface area contributed by atoms with Crippen LogP contribution in [0.4, 0.5) is 0 Å². The minimum absolute atomic E-state index is 0.0773. The molecular formula is C28H50OS2. The number of phenolic OH excluding ortho intramolecular Hbond substituents is 1. The van der Waals surface area contributed by atoms with Crippen molar-refractivity contribution in [2.75, 3.05) is 0 Å². The Labute approximate surface area is 203 Å². The van der Waals surface area contributed by atoms with Crippen molar-refractivity contribution in [3.63, 3.8) is 0 Å². The molecule has 0 amide bonds. The van der Waals surface area contributed by atoms with Gasteiger partial charge in [-0.3, -0.25) is 0 Å². The van der Waals surface area contributed by atoms with Crippen LogP contribution in [0.5, 0.6) is 5.75 Å². The molecule has 1 N–H and O–H groups in total. The first-order valence-corrected chi connectivity index (χ1v) is 13.7. The number of hydrogen-bond donors (Lipinski definition) is 1. The first-order valence-electron chi connectivity index (χ1n) is 11.7. The summed E-state index contributed by atoms with van der Waals surface area (Å²) in [6.07, 6.45) is 2.33. The minimum atomic E-state index is -0.0773. The Kier molecular flexibility index (Phi) is 9.20. The maximum atomic E-state index is 11.1. The zero-order chi connectivity index (χ0) is 24.5. The molecule has 0 aliphatic rings. The molecule has 0 spiro atoms. The van der Waals surface area contributed by atoms with Crippen LogP contribution in [0.2, 0.25) is 0 Å². The molecule has 3 heteroatoms. The van der Waals surface area contributed by atoms with Crippen LogP contribution in [0, 0.1) is 10.8 Å². The van der Waals surface area contributed by atoms with E-state index in [2.05, 4.69) is 102 Å². The van der Waals surface area contributed by atoms with E-state index in [1.54, 1.807) is 0 Å². The molecule has 0 fully saturated rings. The van der Waals surface area contributed by atoms with Gasteiger partial charge in [0.25, 0.3) is 0 Å². The second-order valence-corrected chi connectivity index (χ2v) is 17.3. The molecule has 0 saturated carbocycles. The molecule has 0 aromatic heterocycles. The van der Waals surface area contributed by atoms with Crippen molar-refractivity contribution in [1.82, 2.24) is 0 Å². The highest BCUT2D eigenvalue weighted by atomic mass is 32.2. The van der Waals surface area contributed by atoms with Gasteiger partial charge in [0.15, 0.2) is 0 Å². The highest BCUT2D eigenvalue weighted by molar-refractivity contribution is 8.00. The molecule has 0 heterocycles. The van der Waals surface area contributed by atoms with E-state index in [0.29, 0.717) is 16.6 Å². The second-order valence-electron chi connectivity index (χ2n) is 14.0. The van der Waals surface area contributed by atoms with Crippen LogP contribution in [0.25, 0.3) is 0 Å². The van der Waals surface area contributed by atoms with E-state index in [1.165, 1.54) is 12.0 Å². The molecule has 1 aromatic carbocycles. The summed E-state index contributed by atoms with van der Waals surface area (Å²) < 4.78 is 0.397. The van der Waals surface area contributed by atoms with Gasteiger partial charge < -0.3 is 5.11 Å². The van der Waals surface area contributed by atoms with E-state index < -0.39 is 0 Å². The summed E-state index contributed by atoms with van der Waals surface area (Å²) in [7, 11) is 0. The van der Waals surface area contributed by atoms with Crippen LogP contribution in [0.15, 0.2) is 12.1 Å². The van der Waals surface area contributed by atoms with Crippen molar-refractivity contribution >= 4 is 23.5 Å².